The molecule has 1 fully saturated rings. The Kier molecular flexibility index (Phi) is 5.89. The molecule has 2 aromatic heterocycles. The van der Waals surface area contributed by atoms with Crippen LogP contribution in [0.2, 0.25) is 5.02 Å². The highest BCUT2D eigenvalue weighted by atomic mass is 35.5. The Morgan fingerprint density at radius 2 is 2.09 bits per heavy atom. The fourth-order valence-electron chi connectivity index (χ4n) is 4.12. The second-order valence-electron chi connectivity index (χ2n) is 8.18. The highest BCUT2D eigenvalue weighted by Crippen LogP contribution is 2.35. The number of nitrogens with zero attached hydrogens (tertiary/aromatic N) is 3. The molecular formula is C23H25ClN4O4. The topological polar surface area (TPSA) is 87.5 Å². The molecule has 1 amide bonds. The number of ether oxygens (including phenoxy) is 3. The molecule has 3 aromatic rings. The van der Waals surface area contributed by atoms with E-state index in [4.69, 9.17) is 30.9 Å². The van der Waals surface area contributed by atoms with E-state index in [1.165, 1.54) is 0 Å². The average molecular weight is 457 g/mol. The van der Waals surface area contributed by atoms with Crippen LogP contribution < -0.4 is 10.1 Å². The second-order valence-corrected chi connectivity index (χ2v) is 8.61. The molecule has 32 heavy (non-hydrogen) atoms. The van der Waals surface area contributed by atoms with E-state index in [2.05, 4.69) is 10.3 Å². The monoisotopic (exact) mass is 456 g/mol. The lowest BCUT2D eigenvalue weighted by atomic mass is 10.1. The number of rotatable bonds is 1. The van der Waals surface area contributed by atoms with Crippen molar-refractivity contribution in [3.63, 3.8) is 0 Å². The maximum Gasteiger partial charge on any atom is 0.407 e. The van der Waals surface area contributed by atoms with Gasteiger partial charge < -0.3 is 19.5 Å². The van der Waals surface area contributed by atoms with E-state index in [1.54, 1.807) is 12.1 Å². The fraction of sp³-hybridized carbons (Fsp3) is 0.435. The first-order valence-corrected chi connectivity index (χ1v) is 11.3. The number of cyclic esters (lactones) is 1. The number of nitrogens with one attached hydrogen (secondary N) is 1. The van der Waals surface area contributed by atoms with Gasteiger partial charge in [-0.05, 0) is 56.5 Å². The summed E-state index contributed by atoms with van der Waals surface area (Å²) in [5.74, 6) is 0.732. The molecule has 0 saturated carbocycles. The number of alkyl carbamates (subject to hydrolysis) is 1. The van der Waals surface area contributed by atoms with E-state index >= 15 is 0 Å². The lowest BCUT2D eigenvalue weighted by Crippen LogP contribution is -2.28. The number of fused-ring (bicyclic) bond motifs is 4. The SMILES string of the molecule is C[C@@H]1CCNC(=O)OCc2cc(Cl)cc(n2)-c2nn(C3CCCCO3)c3ccc(cc23)O1. The van der Waals surface area contributed by atoms with Crippen LogP contribution in [-0.2, 0) is 16.1 Å². The first-order chi connectivity index (χ1) is 15.6. The van der Waals surface area contributed by atoms with Crippen molar-refractivity contribution in [2.24, 2.45) is 0 Å². The second kappa shape index (κ2) is 8.96. The number of carbonyl (C=O) groups excluding carboxylic acids is 1. The lowest BCUT2D eigenvalue weighted by Gasteiger charge is -2.23. The van der Waals surface area contributed by atoms with E-state index in [1.807, 2.05) is 29.8 Å². The van der Waals surface area contributed by atoms with Gasteiger partial charge in [-0.2, -0.15) is 5.10 Å². The third-order valence-corrected chi connectivity index (χ3v) is 5.92. The molecule has 5 rings (SSSR count). The highest BCUT2D eigenvalue weighted by Gasteiger charge is 2.23. The summed E-state index contributed by atoms with van der Waals surface area (Å²) in [6.45, 7) is 3.15. The van der Waals surface area contributed by atoms with Crippen LogP contribution in [0.5, 0.6) is 5.75 Å². The van der Waals surface area contributed by atoms with Gasteiger partial charge in [0.05, 0.1) is 23.0 Å². The summed E-state index contributed by atoms with van der Waals surface area (Å²) < 4.78 is 19.4. The van der Waals surface area contributed by atoms with Crippen LogP contribution in [0.3, 0.4) is 0 Å². The highest BCUT2D eigenvalue weighted by molar-refractivity contribution is 6.30. The van der Waals surface area contributed by atoms with Crippen LogP contribution in [0.1, 0.15) is 44.5 Å². The van der Waals surface area contributed by atoms with E-state index in [9.17, 15) is 4.79 Å². The molecular weight excluding hydrogens is 432 g/mol. The summed E-state index contributed by atoms with van der Waals surface area (Å²) in [6.07, 6.45) is 2.99. The molecule has 1 N–H and O–H groups in total. The maximum absolute atomic E-state index is 12.0. The normalized spacial score (nSPS) is 21.9. The Bertz CT molecular complexity index is 1140. The Morgan fingerprint density at radius 1 is 1.19 bits per heavy atom. The van der Waals surface area contributed by atoms with Crippen molar-refractivity contribution in [3.05, 3.63) is 41.0 Å². The number of halogens is 1. The molecule has 1 saturated heterocycles. The summed E-state index contributed by atoms with van der Waals surface area (Å²) in [4.78, 5) is 16.7. The number of hydrogen-bond acceptors (Lipinski definition) is 6. The fourth-order valence-corrected chi connectivity index (χ4v) is 4.35. The van der Waals surface area contributed by atoms with Crippen LogP contribution in [-0.4, -0.2) is 40.1 Å². The lowest BCUT2D eigenvalue weighted by molar-refractivity contribution is -0.0365. The van der Waals surface area contributed by atoms with Crippen molar-refractivity contribution in [1.29, 1.82) is 0 Å². The van der Waals surface area contributed by atoms with Crippen molar-refractivity contribution in [2.75, 3.05) is 13.2 Å². The zero-order valence-corrected chi connectivity index (χ0v) is 18.6. The third-order valence-electron chi connectivity index (χ3n) is 5.70. The van der Waals surface area contributed by atoms with Gasteiger partial charge >= 0.3 is 6.09 Å². The summed E-state index contributed by atoms with van der Waals surface area (Å²) in [6, 6.07) is 9.41. The zero-order valence-electron chi connectivity index (χ0n) is 17.8. The number of benzene rings is 1. The maximum atomic E-state index is 12.0. The first kappa shape index (κ1) is 21.0. The summed E-state index contributed by atoms with van der Waals surface area (Å²) in [5.41, 5.74) is 2.80. The number of pyridine rings is 1. The largest absolute Gasteiger partial charge is 0.491 e. The van der Waals surface area contributed by atoms with Gasteiger partial charge in [-0.25, -0.2) is 14.5 Å². The van der Waals surface area contributed by atoms with Gasteiger partial charge in [-0.1, -0.05) is 11.6 Å². The van der Waals surface area contributed by atoms with Gasteiger partial charge in [0.25, 0.3) is 0 Å². The molecule has 9 heteroatoms. The zero-order chi connectivity index (χ0) is 22.1. The van der Waals surface area contributed by atoms with Crippen LogP contribution in [0.25, 0.3) is 22.3 Å². The standard InChI is InChI=1S/C23H25ClN4O4/c1-14-7-8-25-23(29)31-13-16-10-15(24)11-19(26-16)22-18-12-17(32-14)5-6-20(18)28(27-22)21-4-2-3-9-30-21/h5-6,10-12,14,21H,2-4,7-9,13H2,1H3,(H,25,29)/t14-,21?/m1/s1. The Morgan fingerprint density at radius 3 is 2.94 bits per heavy atom. The molecule has 1 unspecified atom stereocenters. The Balaban J connectivity index is 1.65. The molecule has 0 radical (unpaired) electrons. The van der Waals surface area contributed by atoms with Crippen LogP contribution in [0.4, 0.5) is 4.79 Å². The molecule has 168 valence electrons. The van der Waals surface area contributed by atoms with Crippen molar-refractivity contribution >= 4 is 28.6 Å². The van der Waals surface area contributed by atoms with Crippen molar-refractivity contribution in [1.82, 2.24) is 20.1 Å². The molecule has 2 aliphatic rings. The van der Waals surface area contributed by atoms with E-state index < -0.39 is 6.09 Å². The number of amides is 1. The van der Waals surface area contributed by atoms with Gasteiger partial charge in [-0.15, -0.1) is 0 Å². The Labute approximate surface area is 190 Å². The van der Waals surface area contributed by atoms with Gasteiger partial charge in [0.2, 0.25) is 0 Å². The Hall–Kier alpha value is -2.84. The predicted molar refractivity (Wildman–Crippen MR) is 120 cm³/mol. The average Bonchev–Trinajstić information content (AvgIpc) is 3.16. The summed E-state index contributed by atoms with van der Waals surface area (Å²) in [5, 5.41) is 9.05. The molecule has 0 spiro atoms. The van der Waals surface area contributed by atoms with E-state index in [0.717, 1.165) is 42.5 Å². The minimum absolute atomic E-state index is 0.0150. The van der Waals surface area contributed by atoms with Gasteiger partial charge in [0, 0.05) is 30.0 Å². The van der Waals surface area contributed by atoms with E-state index in [-0.39, 0.29) is 18.9 Å². The van der Waals surface area contributed by atoms with Crippen molar-refractivity contribution < 1.29 is 19.0 Å². The van der Waals surface area contributed by atoms with Crippen LogP contribution in [0.15, 0.2) is 30.3 Å². The number of hydrogen-bond donors (Lipinski definition) is 1. The summed E-state index contributed by atoms with van der Waals surface area (Å²) in [7, 11) is 0. The minimum atomic E-state index is -0.503. The number of carbonyl (C=O) groups is 1. The molecule has 4 bridgehead atoms. The molecule has 4 heterocycles. The first-order valence-electron chi connectivity index (χ1n) is 10.9. The van der Waals surface area contributed by atoms with Crippen molar-refractivity contribution in [2.45, 2.75) is 51.5 Å². The smallest absolute Gasteiger partial charge is 0.407 e. The molecule has 2 aliphatic heterocycles. The van der Waals surface area contributed by atoms with Gasteiger partial charge in [0.15, 0.2) is 6.23 Å². The third kappa shape index (κ3) is 4.38. The van der Waals surface area contributed by atoms with Gasteiger partial charge in [-0.3, -0.25) is 0 Å². The van der Waals surface area contributed by atoms with E-state index in [0.29, 0.717) is 35.1 Å². The molecule has 2 atom stereocenters. The quantitative estimate of drug-likeness (QED) is 0.563. The minimum Gasteiger partial charge on any atom is -0.491 e. The van der Waals surface area contributed by atoms with Crippen LogP contribution in [0, 0.1) is 0 Å². The molecule has 0 aliphatic carbocycles. The summed E-state index contributed by atoms with van der Waals surface area (Å²) >= 11 is 6.39. The van der Waals surface area contributed by atoms with Crippen molar-refractivity contribution in [3.8, 4) is 17.1 Å². The van der Waals surface area contributed by atoms with Gasteiger partial charge in [0.1, 0.15) is 18.1 Å². The number of aromatic nitrogens is 3. The molecule has 8 nitrogen and oxygen atoms in total. The van der Waals surface area contributed by atoms with Crippen LogP contribution >= 0.6 is 11.6 Å². The predicted octanol–water partition coefficient (Wildman–Crippen LogP) is 4.85. The molecule has 1 aromatic carbocycles.